The van der Waals surface area contributed by atoms with Crippen molar-refractivity contribution in [2.24, 2.45) is 0 Å². The summed E-state index contributed by atoms with van der Waals surface area (Å²) in [5, 5.41) is 14.0. The lowest BCUT2D eigenvalue weighted by Crippen LogP contribution is -2.38. The van der Waals surface area contributed by atoms with E-state index >= 15 is 0 Å². The Labute approximate surface area is 222 Å². The van der Waals surface area contributed by atoms with Crippen LogP contribution >= 0.6 is 0 Å². The molecule has 3 heterocycles. The summed E-state index contributed by atoms with van der Waals surface area (Å²) in [6.45, 7) is 9.49. The SMILES string of the molecule is CCc1ccc2[nH]c(=O)c([C@H](c3nnnn3C(C)(C)CC)N(Cc3ccccc3)Cc3ccco3)cc2c1. The molecule has 8 nitrogen and oxygen atoms in total. The summed E-state index contributed by atoms with van der Waals surface area (Å²) in [6, 6.07) is 21.7. The van der Waals surface area contributed by atoms with Crippen molar-refractivity contribution in [3.8, 4) is 0 Å². The lowest BCUT2D eigenvalue weighted by Gasteiger charge is -2.33. The van der Waals surface area contributed by atoms with E-state index in [0.717, 1.165) is 35.1 Å². The van der Waals surface area contributed by atoms with Crippen molar-refractivity contribution < 1.29 is 4.42 Å². The van der Waals surface area contributed by atoms with Gasteiger partial charge in [0, 0.05) is 17.6 Å². The van der Waals surface area contributed by atoms with E-state index in [2.05, 4.69) is 77.4 Å². The van der Waals surface area contributed by atoms with Crippen molar-refractivity contribution in [3.05, 3.63) is 112 Å². The minimum atomic E-state index is -0.528. The van der Waals surface area contributed by atoms with E-state index in [1.165, 1.54) is 5.56 Å². The summed E-state index contributed by atoms with van der Waals surface area (Å²) in [5.41, 5.74) is 3.22. The van der Waals surface area contributed by atoms with Crippen LogP contribution in [-0.4, -0.2) is 30.1 Å². The smallest absolute Gasteiger partial charge is 0.253 e. The highest BCUT2D eigenvalue weighted by atomic mass is 16.3. The van der Waals surface area contributed by atoms with Gasteiger partial charge in [-0.05, 0) is 84.0 Å². The zero-order chi connectivity index (χ0) is 26.7. The van der Waals surface area contributed by atoms with Gasteiger partial charge in [0.05, 0.1) is 18.3 Å². The number of hydrogen-bond acceptors (Lipinski definition) is 6. The number of nitrogens with zero attached hydrogens (tertiary/aromatic N) is 5. The molecule has 5 rings (SSSR count). The number of fused-ring (bicyclic) bond motifs is 1. The van der Waals surface area contributed by atoms with Gasteiger partial charge in [-0.15, -0.1) is 5.10 Å². The van der Waals surface area contributed by atoms with Crippen LogP contribution in [0.4, 0.5) is 0 Å². The molecule has 0 saturated heterocycles. The molecule has 0 saturated carbocycles. The summed E-state index contributed by atoms with van der Waals surface area (Å²) in [6.07, 6.45) is 3.41. The van der Waals surface area contributed by atoms with Crippen LogP contribution in [0.5, 0.6) is 0 Å². The Morgan fingerprint density at radius 2 is 1.82 bits per heavy atom. The number of pyridine rings is 1. The number of tetrazole rings is 1. The zero-order valence-electron chi connectivity index (χ0n) is 22.4. The zero-order valence-corrected chi connectivity index (χ0v) is 22.4. The van der Waals surface area contributed by atoms with E-state index < -0.39 is 6.04 Å². The minimum Gasteiger partial charge on any atom is -0.468 e. The van der Waals surface area contributed by atoms with Crippen LogP contribution in [0, 0.1) is 0 Å². The van der Waals surface area contributed by atoms with E-state index in [-0.39, 0.29) is 11.1 Å². The number of nitrogens with one attached hydrogen (secondary N) is 1. The molecule has 0 aliphatic carbocycles. The Balaban J connectivity index is 1.73. The molecule has 0 fully saturated rings. The number of benzene rings is 2. The Morgan fingerprint density at radius 3 is 2.53 bits per heavy atom. The van der Waals surface area contributed by atoms with Gasteiger partial charge in [-0.2, -0.15) is 0 Å². The maximum atomic E-state index is 13.7. The third kappa shape index (κ3) is 5.17. The number of rotatable bonds is 10. The van der Waals surface area contributed by atoms with Crippen LogP contribution in [0.25, 0.3) is 10.9 Å². The molecular formula is C30H34N6O2. The van der Waals surface area contributed by atoms with Crippen molar-refractivity contribution in [1.29, 1.82) is 0 Å². The van der Waals surface area contributed by atoms with Crippen molar-refractivity contribution in [2.75, 3.05) is 0 Å². The van der Waals surface area contributed by atoms with Gasteiger partial charge in [0.1, 0.15) is 11.8 Å². The average Bonchev–Trinajstić information content (AvgIpc) is 3.62. The molecule has 0 unspecified atom stereocenters. The van der Waals surface area contributed by atoms with Crippen LogP contribution in [0.2, 0.25) is 0 Å². The van der Waals surface area contributed by atoms with E-state index in [1.54, 1.807) is 6.26 Å². The van der Waals surface area contributed by atoms with Gasteiger partial charge in [-0.1, -0.05) is 50.2 Å². The number of aryl methyl sites for hydroxylation is 1. The first-order chi connectivity index (χ1) is 18.4. The first-order valence-corrected chi connectivity index (χ1v) is 13.1. The number of aromatic amines is 1. The predicted octanol–water partition coefficient (Wildman–Crippen LogP) is 5.61. The summed E-state index contributed by atoms with van der Waals surface area (Å²) in [5.74, 6) is 1.42. The van der Waals surface area contributed by atoms with Crippen molar-refractivity contribution in [3.63, 3.8) is 0 Å². The molecule has 2 aromatic carbocycles. The lowest BCUT2D eigenvalue weighted by molar-refractivity contribution is 0.168. The van der Waals surface area contributed by atoms with Gasteiger partial charge in [0.2, 0.25) is 0 Å². The molecule has 8 heteroatoms. The van der Waals surface area contributed by atoms with E-state index in [9.17, 15) is 4.79 Å². The number of furan rings is 1. The number of hydrogen-bond donors (Lipinski definition) is 1. The molecule has 0 aliphatic rings. The molecule has 0 radical (unpaired) electrons. The van der Waals surface area contributed by atoms with Crippen LogP contribution < -0.4 is 5.56 Å². The van der Waals surface area contributed by atoms with E-state index in [4.69, 9.17) is 4.42 Å². The molecule has 0 bridgehead atoms. The van der Waals surface area contributed by atoms with Gasteiger partial charge in [0.15, 0.2) is 5.82 Å². The van der Waals surface area contributed by atoms with Gasteiger partial charge in [-0.3, -0.25) is 9.69 Å². The van der Waals surface area contributed by atoms with Crippen LogP contribution in [-0.2, 0) is 25.0 Å². The second-order valence-corrected chi connectivity index (χ2v) is 10.3. The molecule has 0 spiro atoms. The van der Waals surface area contributed by atoms with Crippen LogP contribution in [0.15, 0.2) is 82.2 Å². The molecular weight excluding hydrogens is 476 g/mol. The van der Waals surface area contributed by atoms with Crippen molar-refractivity contribution in [1.82, 2.24) is 30.1 Å². The quantitative estimate of drug-likeness (QED) is 0.263. The molecule has 3 aromatic heterocycles. The Bertz CT molecular complexity index is 1550. The second kappa shape index (κ2) is 10.8. The Morgan fingerprint density at radius 1 is 1.00 bits per heavy atom. The van der Waals surface area contributed by atoms with Gasteiger partial charge < -0.3 is 9.40 Å². The summed E-state index contributed by atoms with van der Waals surface area (Å²) in [7, 11) is 0. The summed E-state index contributed by atoms with van der Waals surface area (Å²) < 4.78 is 7.63. The maximum absolute atomic E-state index is 13.7. The number of H-pyrrole nitrogens is 1. The normalized spacial score (nSPS) is 12.9. The fourth-order valence-electron chi connectivity index (χ4n) is 4.80. The average molecular weight is 511 g/mol. The third-order valence-electron chi connectivity index (χ3n) is 7.35. The number of aromatic nitrogens is 5. The maximum Gasteiger partial charge on any atom is 0.253 e. The topological polar surface area (TPSA) is 92.8 Å². The highest BCUT2D eigenvalue weighted by Gasteiger charge is 2.35. The first-order valence-electron chi connectivity index (χ1n) is 13.1. The van der Waals surface area contributed by atoms with Gasteiger partial charge >= 0.3 is 0 Å². The van der Waals surface area contributed by atoms with Gasteiger partial charge in [0.25, 0.3) is 5.56 Å². The standard InChI is InChI=1S/C30H34N6O2/c1-5-21-14-15-26-23(17-21)18-25(29(37)31-26)27(28-32-33-34-36(28)30(3,4)6-2)35(20-24-13-10-16-38-24)19-22-11-8-7-9-12-22/h7-18,27H,5-6,19-20H2,1-4H3,(H,31,37)/t27-/m1/s1. The monoisotopic (exact) mass is 510 g/mol. The molecule has 0 aliphatic heterocycles. The summed E-state index contributed by atoms with van der Waals surface area (Å²) >= 11 is 0. The van der Waals surface area contributed by atoms with E-state index in [1.807, 2.05) is 47.1 Å². The molecule has 196 valence electrons. The fraction of sp³-hybridized carbons (Fsp3) is 0.333. The molecule has 1 atom stereocenters. The minimum absolute atomic E-state index is 0.159. The molecule has 5 aromatic rings. The fourth-order valence-corrected chi connectivity index (χ4v) is 4.80. The first kappa shape index (κ1) is 25.6. The lowest BCUT2D eigenvalue weighted by atomic mass is 9.98. The largest absolute Gasteiger partial charge is 0.468 e. The highest BCUT2D eigenvalue weighted by Crippen LogP contribution is 2.33. The van der Waals surface area contributed by atoms with Crippen LogP contribution in [0.1, 0.15) is 68.4 Å². The van der Waals surface area contributed by atoms with Crippen molar-refractivity contribution in [2.45, 2.75) is 65.2 Å². The summed E-state index contributed by atoms with van der Waals surface area (Å²) in [4.78, 5) is 19.1. The third-order valence-corrected chi connectivity index (χ3v) is 7.35. The molecule has 38 heavy (non-hydrogen) atoms. The molecule has 1 N–H and O–H groups in total. The van der Waals surface area contributed by atoms with Crippen LogP contribution in [0.3, 0.4) is 0 Å². The Hall–Kier alpha value is -4.04. The van der Waals surface area contributed by atoms with Gasteiger partial charge in [-0.25, -0.2) is 4.68 Å². The second-order valence-electron chi connectivity index (χ2n) is 10.3. The van der Waals surface area contributed by atoms with Crippen molar-refractivity contribution >= 4 is 10.9 Å². The van der Waals surface area contributed by atoms with E-state index in [0.29, 0.717) is 24.5 Å². The highest BCUT2D eigenvalue weighted by molar-refractivity contribution is 5.80. The molecule has 0 amide bonds. The Kier molecular flexibility index (Phi) is 7.24. The predicted molar refractivity (Wildman–Crippen MR) is 148 cm³/mol.